The standard InChI is InChI=1S/C28H22N2O6S/c1-4-13-34-18-10-8-9-17(15-18)22-21-23(31)19-11-6-7-12-20(19)36-24(21)26(32)30(22)28-29-16(3)25(37-28)27(33)35-14-5-2/h4-12,15,22H,1-2,13-14H2,3H3. The summed E-state index contributed by atoms with van der Waals surface area (Å²) in [4.78, 5) is 46.2. The predicted molar refractivity (Wildman–Crippen MR) is 141 cm³/mol. The van der Waals surface area contributed by atoms with Crippen LogP contribution in [0.25, 0.3) is 11.0 Å². The first-order valence-corrected chi connectivity index (χ1v) is 12.2. The number of rotatable bonds is 8. The molecule has 1 unspecified atom stereocenters. The summed E-state index contributed by atoms with van der Waals surface area (Å²) >= 11 is 1.01. The van der Waals surface area contributed by atoms with Gasteiger partial charge in [-0.2, -0.15) is 0 Å². The largest absolute Gasteiger partial charge is 0.490 e. The van der Waals surface area contributed by atoms with Gasteiger partial charge in [-0.25, -0.2) is 9.78 Å². The van der Waals surface area contributed by atoms with Crippen LogP contribution in [0.15, 0.2) is 83.1 Å². The van der Waals surface area contributed by atoms with Crippen LogP contribution in [0.2, 0.25) is 0 Å². The summed E-state index contributed by atoms with van der Waals surface area (Å²) in [5.74, 6) is -0.608. The molecule has 0 saturated heterocycles. The molecule has 1 aliphatic heterocycles. The van der Waals surface area contributed by atoms with Gasteiger partial charge >= 0.3 is 5.97 Å². The van der Waals surface area contributed by atoms with Gasteiger partial charge in [-0.05, 0) is 36.8 Å². The number of anilines is 1. The Morgan fingerprint density at radius 3 is 2.70 bits per heavy atom. The fourth-order valence-corrected chi connectivity index (χ4v) is 5.22. The zero-order valence-corrected chi connectivity index (χ0v) is 20.7. The first kappa shape index (κ1) is 24.2. The van der Waals surface area contributed by atoms with Gasteiger partial charge < -0.3 is 13.9 Å². The maximum Gasteiger partial charge on any atom is 0.350 e. The van der Waals surface area contributed by atoms with E-state index in [-0.39, 0.29) is 33.4 Å². The topological polar surface area (TPSA) is 98.9 Å². The average Bonchev–Trinajstić information content (AvgIpc) is 3.43. The second kappa shape index (κ2) is 9.87. The molecule has 0 saturated carbocycles. The van der Waals surface area contributed by atoms with E-state index in [9.17, 15) is 14.4 Å². The molecule has 0 bridgehead atoms. The monoisotopic (exact) mass is 514 g/mol. The van der Waals surface area contributed by atoms with Crippen molar-refractivity contribution in [2.45, 2.75) is 13.0 Å². The maximum atomic E-state index is 13.8. The lowest BCUT2D eigenvalue weighted by molar-refractivity contribution is 0.0554. The molecule has 4 aromatic rings. The lowest BCUT2D eigenvalue weighted by Crippen LogP contribution is -2.29. The van der Waals surface area contributed by atoms with Gasteiger partial charge in [0.2, 0.25) is 5.76 Å². The van der Waals surface area contributed by atoms with Crippen LogP contribution < -0.4 is 15.1 Å². The number of hydrogen-bond acceptors (Lipinski definition) is 8. The molecule has 5 rings (SSSR count). The highest BCUT2D eigenvalue weighted by Crippen LogP contribution is 2.43. The van der Waals surface area contributed by atoms with Crippen LogP contribution in [0, 0.1) is 6.92 Å². The smallest absolute Gasteiger partial charge is 0.350 e. The van der Waals surface area contributed by atoms with Crippen molar-refractivity contribution in [2.75, 3.05) is 18.1 Å². The fourth-order valence-electron chi connectivity index (χ4n) is 4.24. The number of para-hydroxylation sites is 1. The summed E-state index contributed by atoms with van der Waals surface area (Å²) in [6.07, 6.45) is 3.09. The molecule has 2 aromatic carbocycles. The molecule has 0 spiro atoms. The quantitative estimate of drug-likeness (QED) is 0.235. The molecule has 1 atom stereocenters. The van der Waals surface area contributed by atoms with Crippen LogP contribution in [-0.4, -0.2) is 30.1 Å². The minimum absolute atomic E-state index is 0.0464. The fraction of sp³-hybridized carbons (Fsp3) is 0.143. The second-order valence-corrected chi connectivity index (χ2v) is 9.20. The van der Waals surface area contributed by atoms with Gasteiger partial charge in [0.05, 0.1) is 22.7 Å². The number of fused-ring (bicyclic) bond motifs is 2. The normalized spacial score (nSPS) is 14.5. The van der Waals surface area contributed by atoms with Gasteiger partial charge in [0.1, 0.15) is 29.4 Å². The van der Waals surface area contributed by atoms with E-state index in [1.54, 1.807) is 61.5 Å². The van der Waals surface area contributed by atoms with Crippen LogP contribution in [0.4, 0.5) is 5.13 Å². The van der Waals surface area contributed by atoms with Crippen molar-refractivity contribution in [3.8, 4) is 5.75 Å². The predicted octanol–water partition coefficient (Wildman–Crippen LogP) is 5.22. The summed E-state index contributed by atoms with van der Waals surface area (Å²) in [5, 5.41) is 0.606. The lowest BCUT2D eigenvalue weighted by Gasteiger charge is -2.23. The number of nitrogens with zero attached hydrogens (tertiary/aromatic N) is 2. The second-order valence-electron chi connectivity index (χ2n) is 8.22. The van der Waals surface area contributed by atoms with Crippen molar-refractivity contribution in [2.24, 2.45) is 0 Å². The van der Waals surface area contributed by atoms with Crippen molar-refractivity contribution in [3.05, 3.63) is 112 Å². The van der Waals surface area contributed by atoms with Crippen LogP contribution in [0.1, 0.15) is 43.1 Å². The molecule has 1 aliphatic rings. The molecule has 0 aliphatic carbocycles. The van der Waals surface area contributed by atoms with Crippen molar-refractivity contribution in [3.63, 3.8) is 0 Å². The molecular formula is C28H22N2O6S. The average molecular weight is 515 g/mol. The molecule has 3 heterocycles. The number of thiazole rings is 1. The van der Waals surface area contributed by atoms with E-state index < -0.39 is 17.9 Å². The number of aryl methyl sites for hydroxylation is 1. The van der Waals surface area contributed by atoms with Crippen LogP contribution >= 0.6 is 11.3 Å². The number of carbonyl (C=O) groups is 2. The number of ether oxygens (including phenoxy) is 2. The molecule has 8 nitrogen and oxygen atoms in total. The first-order chi connectivity index (χ1) is 17.9. The van der Waals surface area contributed by atoms with E-state index in [1.165, 1.54) is 11.0 Å². The van der Waals surface area contributed by atoms with E-state index in [0.717, 1.165) is 11.3 Å². The number of benzene rings is 2. The van der Waals surface area contributed by atoms with Crippen molar-refractivity contribution in [1.82, 2.24) is 4.98 Å². The van der Waals surface area contributed by atoms with Gasteiger partial charge in [0, 0.05) is 0 Å². The third kappa shape index (κ3) is 4.23. The van der Waals surface area contributed by atoms with Crippen molar-refractivity contribution in [1.29, 1.82) is 0 Å². The molecule has 0 N–H and O–H groups in total. The van der Waals surface area contributed by atoms with Gasteiger partial charge in [0.15, 0.2) is 10.6 Å². The van der Waals surface area contributed by atoms with Crippen molar-refractivity contribution >= 4 is 39.3 Å². The zero-order valence-electron chi connectivity index (χ0n) is 19.9. The molecule has 1 amide bonds. The molecular weight excluding hydrogens is 492 g/mol. The molecule has 186 valence electrons. The number of esters is 1. The van der Waals surface area contributed by atoms with Crippen LogP contribution in [-0.2, 0) is 4.74 Å². The minimum Gasteiger partial charge on any atom is -0.490 e. The molecule has 2 aromatic heterocycles. The molecule has 37 heavy (non-hydrogen) atoms. The Kier molecular flexibility index (Phi) is 6.45. The third-order valence-corrected chi connectivity index (χ3v) is 6.97. The van der Waals surface area contributed by atoms with Crippen LogP contribution in [0.3, 0.4) is 0 Å². The number of aromatic nitrogens is 1. The van der Waals surface area contributed by atoms with E-state index in [4.69, 9.17) is 13.9 Å². The summed E-state index contributed by atoms with van der Waals surface area (Å²) in [6.45, 7) is 9.22. The maximum absolute atomic E-state index is 13.8. The zero-order chi connectivity index (χ0) is 26.1. The minimum atomic E-state index is -0.849. The number of hydrogen-bond donors (Lipinski definition) is 0. The summed E-state index contributed by atoms with van der Waals surface area (Å²) in [7, 11) is 0. The first-order valence-electron chi connectivity index (χ1n) is 11.4. The molecule has 0 fully saturated rings. The Balaban J connectivity index is 1.70. The number of carbonyl (C=O) groups excluding carboxylic acids is 2. The van der Waals surface area contributed by atoms with Gasteiger partial charge in [-0.3, -0.25) is 14.5 Å². The van der Waals surface area contributed by atoms with Gasteiger partial charge in [-0.15, -0.1) is 0 Å². The molecule has 0 radical (unpaired) electrons. The van der Waals surface area contributed by atoms with E-state index >= 15 is 0 Å². The Morgan fingerprint density at radius 2 is 1.92 bits per heavy atom. The number of amides is 1. The highest BCUT2D eigenvalue weighted by molar-refractivity contribution is 7.17. The summed E-state index contributed by atoms with van der Waals surface area (Å²) in [6, 6.07) is 13.1. The van der Waals surface area contributed by atoms with E-state index in [2.05, 4.69) is 18.1 Å². The Morgan fingerprint density at radius 1 is 1.14 bits per heavy atom. The lowest BCUT2D eigenvalue weighted by atomic mass is 9.98. The van der Waals surface area contributed by atoms with Crippen LogP contribution in [0.5, 0.6) is 5.75 Å². The Hall–Kier alpha value is -4.50. The molecule has 9 heteroatoms. The highest BCUT2D eigenvalue weighted by atomic mass is 32.1. The SMILES string of the molecule is C=CCOC(=O)c1sc(N2C(=O)c3oc4ccccc4c(=O)c3C2c2cccc(OCC=C)c2)nc1C. The third-order valence-electron chi connectivity index (χ3n) is 5.83. The van der Waals surface area contributed by atoms with Gasteiger partial charge in [0.25, 0.3) is 5.91 Å². The van der Waals surface area contributed by atoms with E-state index in [1.807, 2.05) is 0 Å². The Bertz CT molecular complexity index is 1620. The Labute approximate surface area is 216 Å². The van der Waals surface area contributed by atoms with E-state index in [0.29, 0.717) is 34.6 Å². The summed E-state index contributed by atoms with van der Waals surface area (Å²) in [5.41, 5.74) is 1.23. The van der Waals surface area contributed by atoms with Crippen molar-refractivity contribution < 1.29 is 23.5 Å². The van der Waals surface area contributed by atoms with Gasteiger partial charge in [-0.1, -0.05) is 60.9 Å². The highest BCUT2D eigenvalue weighted by Gasteiger charge is 2.45. The summed E-state index contributed by atoms with van der Waals surface area (Å²) < 4.78 is 16.8.